The lowest BCUT2D eigenvalue weighted by Crippen LogP contribution is -2.35. The maximum atomic E-state index is 12.1. The van der Waals surface area contributed by atoms with Crippen LogP contribution in [0.4, 0.5) is 0 Å². The van der Waals surface area contributed by atoms with Gasteiger partial charge in [0.15, 0.2) is 0 Å². The lowest BCUT2D eigenvalue weighted by molar-refractivity contribution is -0.137. The van der Waals surface area contributed by atoms with Crippen molar-refractivity contribution in [1.29, 1.82) is 0 Å². The number of carbonyl (C=O) groups is 2. The number of amides is 1. The largest absolute Gasteiger partial charge is 0.480 e. The SMILES string of the molecule is C=CCN(CC(=O)O)C(=O)c1cc(Br)sc1Br. The molecule has 1 N–H and O–H groups in total. The van der Waals surface area contributed by atoms with Crippen molar-refractivity contribution in [2.75, 3.05) is 13.1 Å². The molecule has 0 aromatic carbocycles. The second kappa shape index (κ2) is 6.32. The van der Waals surface area contributed by atoms with Crippen LogP contribution < -0.4 is 0 Å². The van der Waals surface area contributed by atoms with E-state index in [0.29, 0.717) is 9.35 Å². The second-order valence-corrected chi connectivity index (χ2v) is 6.86. The molecule has 1 heterocycles. The lowest BCUT2D eigenvalue weighted by atomic mass is 10.3. The third-order valence-corrected chi connectivity index (χ3v) is 4.19. The molecule has 0 saturated carbocycles. The van der Waals surface area contributed by atoms with Crippen molar-refractivity contribution in [3.63, 3.8) is 0 Å². The highest BCUT2D eigenvalue weighted by atomic mass is 79.9. The molecule has 4 nitrogen and oxygen atoms in total. The number of hydrogen-bond acceptors (Lipinski definition) is 3. The molecule has 17 heavy (non-hydrogen) atoms. The predicted molar refractivity (Wildman–Crippen MR) is 73.5 cm³/mol. The van der Waals surface area contributed by atoms with Gasteiger partial charge in [-0.15, -0.1) is 17.9 Å². The van der Waals surface area contributed by atoms with E-state index < -0.39 is 5.97 Å². The van der Waals surface area contributed by atoms with Crippen molar-refractivity contribution in [1.82, 2.24) is 4.90 Å². The van der Waals surface area contributed by atoms with Crippen LogP contribution in [0.3, 0.4) is 0 Å². The number of rotatable bonds is 5. The fourth-order valence-corrected chi connectivity index (χ4v) is 3.97. The van der Waals surface area contributed by atoms with E-state index in [0.717, 1.165) is 3.79 Å². The molecule has 0 radical (unpaired) electrons. The van der Waals surface area contributed by atoms with Crippen molar-refractivity contribution >= 4 is 55.1 Å². The van der Waals surface area contributed by atoms with E-state index in [1.54, 1.807) is 6.07 Å². The third kappa shape index (κ3) is 3.93. The highest BCUT2D eigenvalue weighted by Crippen LogP contribution is 2.32. The Morgan fingerprint density at radius 1 is 1.53 bits per heavy atom. The molecule has 92 valence electrons. The second-order valence-electron chi connectivity index (χ2n) is 3.11. The topological polar surface area (TPSA) is 57.6 Å². The first kappa shape index (κ1) is 14.4. The summed E-state index contributed by atoms with van der Waals surface area (Å²) in [5.41, 5.74) is 0.449. The zero-order valence-corrected chi connectivity index (χ0v) is 12.6. The zero-order chi connectivity index (χ0) is 13.0. The number of carboxylic acid groups (broad SMARTS) is 1. The fourth-order valence-electron chi connectivity index (χ4n) is 1.19. The molecule has 0 aliphatic carbocycles. The van der Waals surface area contributed by atoms with Gasteiger partial charge in [-0.1, -0.05) is 6.08 Å². The van der Waals surface area contributed by atoms with Gasteiger partial charge in [-0.05, 0) is 37.9 Å². The monoisotopic (exact) mass is 381 g/mol. The van der Waals surface area contributed by atoms with Gasteiger partial charge in [-0.25, -0.2) is 0 Å². The molecule has 0 unspecified atom stereocenters. The summed E-state index contributed by atoms with van der Waals surface area (Å²) in [6.45, 7) is 3.36. The number of carboxylic acids is 1. The molecule has 0 atom stereocenters. The van der Waals surface area contributed by atoms with Crippen molar-refractivity contribution in [3.05, 3.63) is 31.9 Å². The van der Waals surface area contributed by atoms with Crippen LogP contribution in [0.5, 0.6) is 0 Å². The quantitative estimate of drug-likeness (QED) is 0.796. The van der Waals surface area contributed by atoms with E-state index in [-0.39, 0.29) is 19.0 Å². The summed E-state index contributed by atoms with van der Waals surface area (Å²) in [7, 11) is 0. The molecule has 1 aromatic rings. The Bertz CT molecular complexity index is 458. The molecule has 1 rings (SSSR count). The van der Waals surface area contributed by atoms with Crippen LogP contribution in [-0.4, -0.2) is 35.0 Å². The van der Waals surface area contributed by atoms with Gasteiger partial charge >= 0.3 is 5.97 Å². The maximum absolute atomic E-state index is 12.1. The Hall–Kier alpha value is -0.660. The van der Waals surface area contributed by atoms with Crippen LogP contribution in [0.2, 0.25) is 0 Å². The number of halogens is 2. The predicted octanol–water partition coefficient (Wildman–Crippen LogP) is 2.99. The number of nitrogens with zero attached hydrogens (tertiary/aromatic N) is 1. The molecule has 1 aromatic heterocycles. The first-order valence-corrected chi connectivity index (χ1v) is 6.92. The van der Waals surface area contributed by atoms with Crippen LogP contribution in [-0.2, 0) is 4.79 Å². The van der Waals surface area contributed by atoms with Crippen molar-refractivity contribution in [2.45, 2.75) is 0 Å². The van der Waals surface area contributed by atoms with Crippen LogP contribution in [0, 0.1) is 0 Å². The number of hydrogen-bond donors (Lipinski definition) is 1. The Labute approximate surface area is 119 Å². The number of thiophene rings is 1. The first-order valence-electron chi connectivity index (χ1n) is 4.52. The summed E-state index contributed by atoms with van der Waals surface area (Å²) in [6.07, 6.45) is 1.50. The van der Waals surface area contributed by atoms with E-state index in [1.165, 1.54) is 22.3 Å². The summed E-state index contributed by atoms with van der Waals surface area (Å²) >= 11 is 7.91. The Morgan fingerprint density at radius 2 is 2.18 bits per heavy atom. The minimum Gasteiger partial charge on any atom is -0.480 e. The summed E-state index contributed by atoms with van der Waals surface area (Å²) in [5.74, 6) is -1.38. The Kier molecular flexibility index (Phi) is 5.35. The van der Waals surface area contributed by atoms with Crippen LogP contribution in [0.25, 0.3) is 0 Å². The van der Waals surface area contributed by atoms with Gasteiger partial charge in [0.05, 0.1) is 13.1 Å². The van der Waals surface area contributed by atoms with Gasteiger partial charge < -0.3 is 10.0 Å². The highest BCUT2D eigenvalue weighted by Gasteiger charge is 2.21. The molecule has 0 aliphatic rings. The molecule has 0 bridgehead atoms. The van der Waals surface area contributed by atoms with Gasteiger partial charge in [0, 0.05) is 6.54 Å². The first-order chi connectivity index (χ1) is 7.95. The van der Waals surface area contributed by atoms with E-state index >= 15 is 0 Å². The molecule has 0 fully saturated rings. The standard InChI is InChI=1S/C10H9Br2NO3S/c1-2-3-13(5-8(14)15)10(16)6-4-7(11)17-9(6)12/h2,4H,1,3,5H2,(H,14,15). The van der Waals surface area contributed by atoms with Crippen molar-refractivity contribution in [2.24, 2.45) is 0 Å². The molecule has 0 spiro atoms. The Morgan fingerprint density at radius 3 is 2.59 bits per heavy atom. The van der Waals surface area contributed by atoms with Gasteiger partial charge in [0.25, 0.3) is 5.91 Å². The van der Waals surface area contributed by atoms with E-state index in [1.807, 2.05) is 0 Å². The van der Waals surface area contributed by atoms with Gasteiger partial charge in [-0.3, -0.25) is 9.59 Å². The van der Waals surface area contributed by atoms with Gasteiger partial charge in [0.1, 0.15) is 6.54 Å². The summed E-state index contributed by atoms with van der Waals surface area (Å²) in [4.78, 5) is 24.0. The van der Waals surface area contributed by atoms with Crippen LogP contribution in [0.15, 0.2) is 26.3 Å². The molecular weight excluding hydrogens is 374 g/mol. The van der Waals surface area contributed by atoms with Gasteiger partial charge in [0.2, 0.25) is 0 Å². The van der Waals surface area contributed by atoms with Crippen molar-refractivity contribution in [3.8, 4) is 0 Å². The Balaban J connectivity index is 2.94. The summed E-state index contributed by atoms with van der Waals surface area (Å²) in [6, 6.07) is 1.66. The fraction of sp³-hybridized carbons (Fsp3) is 0.200. The normalized spacial score (nSPS) is 10.0. The molecule has 0 aliphatic heterocycles. The van der Waals surface area contributed by atoms with Crippen molar-refractivity contribution < 1.29 is 14.7 Å². The van der Waals surface area contributed by atoms with E-state index in [2.05, 4.69) is 38.4 Å². The molecule has 1 amide bonds. The van der Waals surface area contributed by atoms with Crippen LogP contribution >= 0.6 is 43.2 Å². The number of aliphatic carboxylic acids is 1. The third-order valence-electron chi connectivity index (χ3n) is 1.85. The smallest absolute Gasteiger partial charge is 0.323 e. The summed E-state index contributed by atoms with van der Waals surface area (Å²) < 4.78 is 1.48. The zero-order valence-electron chi connectivity index (χ0n) is 8.65. The average Bonchev–Trinajstić information content (AvgIpc) is 2.55. The van der Waals surface area contributed by atoms with E-state index in [4.69, 9.17) is 5.11 Å². The maximum Gasteiger partial charge on any atom is 0.323 e. The molecular formula is C10H9Br2NO3S. The van der Waals surface area contributed by atoms with Gasteiger partial charge in [-0.2, -0.15) is 0 Å². The van der Waals surface area contributed by atoms with E-state index in [9.17, 15) is 9.59 Å². The summed E-state index contributed by atoms with van der Waals surface area (Å²) in [5, 5.41) is 8.73. The molecule has 0 saturated heterocycles. The minimum absolute atomic E-state index is 0.199. The average molecular weight is 383 g/mol. The molecule has 7 heteroatoms. The highest BCUT2D eigenvalue weighted by molar-refractivity contribution is 9.12. The minimum atomic E-state index is -1.05. The lowest BCUT2D eigenvalue weighted by Gasteiger charge is -2.18. The number of carbonyl (C=O) groups excluding carboxylic acids is 1. The van der Waals surface area contributed by atoms with Crippen LogP contribution in [0.1, 0.15) is 10.4 Å².